The lowest BCUT2D eigenvalue weighted by molar-refractivity contribution is 0.483. The molecule has 0 spiro atoms. The molecule has 0 atom stereocenters. The smallest absolute Gasteiger partial charge is 0.137 e. The summed E-state index contributed by atoms with van der Waals surface area (Å²) in [6, 6.07) is 52.6. The topological polar surface area (TPSA) is 33.5 Å². The van der Waals surface area contributed by atoms with Gasteiger partial charge in [0.2, 0.25) is 0 Å². The highest BCUT2D eigenvalue weighted by Crippen LogP contribution is 2.49. The number of hydrogen-bond acceptors (Lipinski definition) is 4. The molecule has 296 valence electrons. The van der Waals surface area contributed by atoms with Crippen molar-refractivity contribution in [2.24, 2.45) is 0 Å². The van der Waals surface area contributed by atoms with Gasteiger partial charge in [-0.25, -0.2) is 4.98 Å². The zero-order valence-electron chi connectivity index (χ0n) is 35.8. The van der Waals surface area contributed by atoms with Gasteiger partial charge in [0.05, 0.1) is 28.1 Å². The highest BCUT2D eigenvalue weighted by molar-refractivity contribution is 6.09. The zero-order valence-corrected chi connectivity index (χ0v) is 35.8. The Labute approximate surface area is 349 Å². The van der Waals surface area contributed by atoms with E-state index in [0.29, 0.717) is 6.67 Å². The maximum absolute atomic E-state index is 6.79. The average Bonchev–Trinajstić information content (AvgIpc) is 3.76. The van der Waals surface area contributed by atoms with E-state index in [-0.39, 0.29) is 16.2 Å². The molecule has 0 saturated carbocycles. The zero-order chi connectivity index (χ0) is 41.3. The van der Waals surface area contributed by atoms with E-state index < -0.39 is 0 Å². The summed E-state index contributed by atoms with van der Waals surface area (Å²) in [5.74, 6) is 2.46. The van der Waals surface area contributed by atoms with Crippen LogP contribution in [0.3, 0.4) is 0 Å². The van der Waals surface area contributed by atoms with Crippen LogP contribution in [0.2, 0.25) is 0 Å². The quantitative estimate of drug-likeness (QED) is 0.168. The van der Waals surface area contributed by atoms with Gasteiger partial charge in [-0.05, 0) is 99.2 Å². The minimum absolute atomic E-state index is 0.00166. The van der Waals surface area contributed by atoms with E-state index in [1.165, 1.54) is 55.7 Å². The van der Waals surface area contributed by atoms with E-state index >= 15 is 0 Å². The van der Waals surface area contributed by atoms with Gasteiger partial charge in [-0.15, -0.1) is 0 Å². The van der Waals surface area contributed by atoms with Crippen LogP contribution in [0.5, 0.6) is 11.5 Å². The van der Waals surface area contributed by atoms with Crippen LogP contribution in [-0.4, -0.2) is 16.2 Å². The van der Waals surface area contributed by atoms with Gasteiger partial charge in [-0.2, -0.15) is 0 Å². The highest BCUT2D eigenvalue weighted by Gasteiger charge is 2.32. The number of pyridine rings is 1. The van der Waals surface area contributed by atoms with Crippen molar-refractivity contribution in [2.75, 3.05) is 16.5 Å². The van der Waals surface area contributed by atoms with Crippen molar-refractivity contribution in [1.82, 2.24) is 9.55 Å². The van der Waals surface area contributed by atoms with Gasteiger partial charge < -0.3 is 14.5 Å². The summed E-state index contributed by atoms with van der Waals surface area (Å²) in [5.41, 5.74) is 13.1. The van der Waals surface area contributed by atoms with Crippen molar-refractivity contribution in [3.63, 3.8) is 0 Å². The molecule has 6 aromatic carbocycles. The van der Waals surface area contributed by atoms with Gasteiger partial charge in [-0.1, -0.05) is 135 Å². The maximum atomic E-state index is 6.79. The molecule has 0 radical (unpaired) electrons. The molecule has 5 heteroatoms. The maximum Gasteiger partial charge on any atom is 0.137 e. The number of hydrogen-bond donors (Lipinski definition) is 0. The summed E-state index contributed by atoms with van der Waals surface area (Å²) >= 11 is 0. The normalized spacial score (nSPS) is 13.4. The summed E-state index contributed by atoms with van der Waals surface area (Å²) in [4.78, 5) is 9.81. The summed E-state index contributed by atoms with van der Waals surface area (Å²) < 4.78 is 9.05. The van der Waals surface area contributed by atoms with Gasteiger partial charge >= 0.3 is 0 Å². The van der Waals surface area contributed by atoms with Gasteiger partial charge in [0.25, 0.3) is 0 Å². The van der Waals surface area contributed by atoms with E-state index in [0.717, 1.165) is 34.0 Å². The van der Waals surface area contributed by atoms with Crippen molar-refractivity contribution in [3.8, 4) is 28.4 Å². The summed E-state index contributed by atoms with van der Waals surface area (Å²) in [7, 11) is 0. The van der Waals surface area contributed by atoms with Crippen molar-refractivity contribution >= 4 is 44.6 Å². The molecule has 9 rings (SSSR count). The molecule has 0 amide bonds. The third-order valence-electron chi connectivity index (χ3n) is 11.8. The largest absolute Gasteiger partial charge is 0.457 e. The lowest BCUT2D eigenvalue weighted by Gasteiger charge is -2.27. The molecule has 0 N–H and O–H groups in total. The Bertz CT molecular complexity index is 2850. The van der Waals surface area contributed by atoms with Gasteiger partial charge in [0, 0.05) is 40.4 Å². The Morgan fingerprint density at radius 1 is 0.475 bits per heavy atom. The lowest BCUT2D eigenvalue weighted by Crippen LogP contribution is -2.25. The van der Waals surface area contributed by atoms with Crippen molar-refractivity contribution < 1.29 is 4.74 Å². The molecule has 0 saturated heterocycles. The molecular formula is C54H54N4O. The molecule has 2 aromatic heterocycles. The Hall–Kier alpha value is -6.33. The van der Waals surface area contributed by atoms with E-state index in [9.17, 15) is 0 Å². The average molecular weight is 775 g/mol. The predicted molar refractivity (Wildman–Crippen MR) is 249 cm³/mol. The Morgan fingerprint density at radius 2 is 1.12 bits per heavy atom. The molecular weight excluding hydrogens is 721 g/mol. The number of nitrogens with zero attached hydrogens (tertiary/aromatic N) is 4. The van der Waals surface area contributed by atoms with E-state index in [1.54, 1.807) is 0 Å². The van der Waals surface area contributed by atoms with Crippen LogP contribution >= 0.6 is 0 Å². The Balaban J connectivity index is 1.12. The van der Waals surface area contributed by atoms with Gasteiger partial charge in [0.1, 0.15) is 24.0 Å². The number of ether oxygens (including phenoxy) is 1. The summed E-state index contributed by atoms with van der Waals surface area (Å²) in [5, 5.41) is 2.35. The molecule has 0 unspecified atom stereocenters. The van der Waals surface area contributed by atoms with Crippen LogP contribution in [0, 0.1) is 0 Å². The first-order valence-electron chi connectivity index (χ1n) is 20.8. The SMILES string of the molecule is CC(C)(C)c1ccnc(-n2c3ccccc3c3ccc(Oc4cccc(N5CN(c6cc(C(C)(C)C)ccc6-c6ccccc6)c6ccc(C(C)(C)C)cc65)c4)cc32)c1. The van der Waals surface area contributed by atoms with E-state index in [4.69, 9.17) is 9.72 Å². The first-order chi connectivity index (χ1) is 28.1. The van der Waals surface area contributed by atoms with Crippen LogP contribution in [0.25, 0.3) is 38.8 Å². The van der Waals surface area contributed by atoms with Crippen molar-refractivity contribution in [1.29, 1.82) is 0 Å². The predicted octanol–water partition coefficient (Wildman–Crippen LogP) is 14.8. The number of para-hydroxylation sites is 1. The minimum Gasteiger partial charge on any atom is -0.457 e. The minimum atomic E-state index is -0.00881. The number of anilines is 4. The van der Waals surface area contributed by atoms with Crippen molar-refractivity contribution in [2.45, 2.75) is 78.6 Å². The lowest BCUT2D eigenvalue weighted by atomic mass is 9.85. The second kappa shape index (κ2) is 14.2. The van der Waals surface area contributed by atoms with Crippen LogP contribution < -0.4 is 14.5 Å². The first kappa shape index (κ1) is 38.2. The third-order valence-corrected chi connectivity index (χ3v) is 11.8. The standard InChI is InChI=1S/C54H54N4O/c1-52(2,3)37-22-25-43(36-16-11-10-12-17-36)48(30-37)57-35-56(50-31-38(53(4,5)6)23-27-47(50)57)40-18-15-19-41(33-40)59-42-24-26-45-44-20-13-14-21-46(44)58(49(45)34-42)51-32-39(28-29-55-51)54(7,8)9/h10-34H,35H2,1-9H3. The molecule has 1 aliphatic rings. The second-order valence-corrected chi connectivity index (χ2v) is 19.1. The Kier molecular flexibility index (Phi) is 9.19. The molecule has 0 aliphatic carbocycles. The fourth-order valence-electron chi connectivity index (χ4n) is 8.36. The molecule has 3 heterocycles. The highest BCUT2D eigenvalue weighted by atomic mass is 16.5. The first-order valence-corrected chi connectivity index (χ1v) is 20.8. The van der Waals surface area contributed by atoms with Gasteiger partial charge in [0.15, 0.2) is 0 Å². The third kappa shape index (κ3) is 7.13. The Morgan fingerprint density at radius 3 is 1.86 bits per heavy atom. The summed E-state index contributed by atoms with van der Waals surface area (Å²) in [6.45, 7) is 21.1. The number of aromatic nitrogens is 2. The fraction of sp³-hybridized carbons (Fsp3) is 0.241. The van der Waals surface area contributed by atoms with Crippen LogP contribution in [0.4, 0.5) is 22.7 Å². The molecule has 0 fully saturated rings. The number of fused-ring (bicyclic) bond motifs is 4. The molecule has 1 aliphatic heterocycles. The van der Waals surface area contributed by atoms with Crippen LogP contribution in [0.15, 0.2) is 152 Å². The molecule has 59 heavy (non-hydrogen) atoms. The van der Waals surface area contributed by atoms with Crippen molar-refractivity contribution in [3.05, 3.63) is 168 Å². The van der Waals surface area contributed by atoms with Gasteiger partial charge in [-0.3, -0.25) is 4.57 Å². The summed E-state index contributed by atoms with van der Waals surface area (Å²) in [6.07, 6.45) is 1.92. The molecule has 8 aromatic rings. The van der Waals surface area contributed by atoms with Crippen LogP contribution in [0.1, 0.15) is 79.0 Å². The fourth-order valence-corrected chi connectivity index (χ4v) is 8.36. The molecule has 5 nitrogen and oxygen atoms in total. The molecule has 0 bridgehead atoms. The second-order valence-electron chi connectivity index (χ2n) is 19.1. The van der Waals surface area contributed by atoms with Crippen LogP contribution in [-0.2, 0) is 16.2 Å². The van der Waals surface area contributed by atoms with E-state index in [2.05, 4.69) is 222 Å². The number of benzene rings is 6. The number of rotatable bonds is 6. The van der Waals surface area contributed by atoms with E-state index in [1.807, 2.05) is 6.20 Å². The monoisotopic (exact) mass is 774 g/mol.